The molecule has 1 aliphatic rings. The Morgan fingerprint density at radius 2 is 1.67 bits per heavy atom. The summed E-state index contributed by atoms with van der Waals surface area (Å²) in [6.07, 6.45) is -0.647. The first-order valence-electron chi connectivity index (χ1n) is 11.4. The van der Waals surface area contributed by atoms with Crippen molar-refractivity contribution in [2.45, 2.75) is 25.5 Å². The Morgan fingerprint density at radius 1 is 1.03 bits per heavy atom. The number of methoxy groups -OCH3 is 1. The van der Waals surface area contributed by atoms with Gasteiger partial charge in [-0.3, -0.25) is 24.0 Å². The number of ether oxygens (including phenoxy) is 2. The molecular weight excluding hydrogens is 464 g/mol. The molecule has 2 aromatic carbocycles. The summed E-state index contributed by atoms with van der Waals surface area (Å²) in [6.45, 7) is 4.34. The van der Waals surface area contributed by atoms with Gasteiger partial charge in [0.2, 0.25) is 0 Å². The molecule has 1 atom stereocenters. The Labute approximate surface area is 206 Å². The van der Waals surface area contributed by atoms with Crippen LogP contribution in [0.15, 0.2) is 58.1 Å². The number of nitro groups is 1. The summed E-state index contributed by atoms with van der Waals surface area (Å²) in [5.74, 6) is 0.681. The van der Waals surface area contributed by atoms with Crippen molar-refractivity contribution in [1.82, 2.24) is 13.7 Å². The maximum Gasteiger partial charge on any atom is 0.331 e. The molecule has 0 amide bonds. The number of hydrogen-bond donors (Lipinski definition) is 0. The van der Waals surface area contributed by atoms with Gasteiger partial charge < -0.3 is 14.0 Å². The van der Waals surface area contributed by atoms with Crippen LogP contribution in [-0.4, -0.2) is 32.3 Å². The van der Waals surface area contributed by atoms with Gasteiger partial charge in [0.25, 0.3) is 11.2 Å². The van der Waals surface area contributed by atoms with E-state index in [0.29, 0.717) is 40.2 Å². The number of rotatable bonds is 4. The van der Waals surface area contributed by atoms with Crippen molar-refractivity contribution in [3.8, 4) is 17.0 Å². The lowest BCUT2D eigenvalue weighted by atomic mass is 9.98. The molecule has 10 heteroatoms. The van der Waals surface area contributed by atoms with Crippen LogP contribution < -0.4 is 16.0 Å². The van der Waals surface area contributed by atoms with Gasteiger partial charge in [0, 0.05) is 26.2 Å². The van der Waals surface area contributed by atoms with Gasteiger partial charge in [-0.2, -0.15) is 0 Å². The smallest absolute Gasteiger partial charge is 0.331 e. The molecule has 0 aliphatic carbocycles. The van der Waals surface area contributed by atoms with Gasteiger partial charge in [0.15, 0.2) is 0 Å². The van der Waals surface area contributed by atoms with Crippen LogP contribution in [0.2, 0.25) is 0 Å². The Bertz CT molecular complexity index is 1630. The minimum Gasteiger partial charge on any atom is -0.497 e. The normalized spacial score (nSPS) is 16.6. The third-order valence-corrected chi connectivity index (χ3v) is 6.84. The van der Waals surface area contributed by atoms with Crippen LogP contribution in [0, 0.1) is 10.1 Å². The van der Waals surface area contributed by atoms with Crippen LogP contribution in [0.1, 0.15) is 31.2 Å². The number of nitrogens with zero attached hydrogens (tertiary/aromatic N) is 4. The van der Waals surface area contributed by atoms with Crippen LogP contribution in [0.4, 0.5) is 5.69 Å². The van der Waals surface area contributed by atoms with E-state index in [2.05, 4.69) is 4.57 Å². The van der Waals surface area contributed by atoms with Crippen molar-refractivity contribution >= 4 is 16.6 Å². The zero-order valence-corrected chi connectivity index (χ0v) is 20.6. The SMILES string of the molecule is COc1ccc(-c2c3c(=O)n(C)c(=O)n(C)c3c3n2C(C)(C)CO[C@H]3c2ccc([N+](=O)[O-])cc2)cc1. The first-order chi connectivity index (χ1) is 17.1. The predicted molar refractivity (Wildman–Crippen MR) is 135 cm³/mol. The molecule has 0 radical (unpaired) electrons. The highest BCUT2D eigenvalue weighted by Gasteiger charge is 2.40. The lowest BCUT2D eigenvalue weighted by Crippen LogP contribution is -2.40. The highest BCUT2D eigenvalue weighted by Crippen LogP contribution is 2.45. The molecule has 10 nitrogen and oxygen atoms in total. The molecule has 3 heterocycles. The van der Waals surface area contributed by atoms with Gasteiger partial charge in [-0.05, 0) is 61.4 Å². The Hall–Kier alpha value is -4.18. The van der Waals surface area contributed by atoms with E-state index in [1.54, 1.807) is 26.3 Å². The summed E-state index contributed by atoms with van der Waals surface area (Å²) >= 11 is 0. The van der Waals surface area contributed by atoms with Gasteiger partial charge in [-0.15, -0.1) is 0 Å². The van der Waals surface area contributed by atoms with Gasteiger partial charge in [0.05, 0.1) is 46.5 Å². The number of aromatic nitrogens is 3. The topological polar surface area (TPSA) is 111 Å². The molecule has 0 unspecified atom stereocenters. The number of benzene rings is 2. The minimum atomic E-state index is -0.647. The summed E-state index contributed by atoms with van der Waals surface area (Å²) in [7, 11) is 4.69. The van der Waals surface area contributed by atoms with E-state index in [0.717, 1.165) is 10.1 Å². The van der Waals surface area contributed by atoms with E-state index in [9.17, 15) is 19.7 Å². The molecule has 0 saturated heterocycles. The zero-order valence-electron chi connectivity index (χ0n) is 20.6. The molecule has 4 aromatic rings. The predicted octanol–water partition coefficient (Wildman–Crippen LogP) is 3.48. The maximum absolute atomic E-state index is 13.6. The van der Waals surface area contributed by atoms with Gasteiger partial charge >= 0.3 is 5.69 Å². The van der Waals surface area contributed by atoms with Gasteiger partial charge in [0.1, 0.15) is 11.9 Å². The van der Waals surface area contributed by atoms with E-state index >= 15 is 0 Å². The van der Waals surface area contributed by atoms with Gasteiger partial charge in [-0.25, -0.2) is 4.79 Å². The van der Waals surface area contributed by atoms with Crippen LogP contribution >= 0.6 is 0 Å². The molecule has 2 aromatic heterocycles. The van der Waals surface area contributed by atoms with Crippen molar-refractivity contribution in [3.05, 3.63) is 90.7 Å². The largest absolute Gasteiger partial charge is 0.497 e. The summed E-state index contributed by atoms with van der Waals surface area (Å²) in [5.41, 5.74) is 1.83. The zero-order chi connectivity index (χ0) is 25.9. The standard InChI is InChI=1S/C26H26N4O6/c1-26(2)14-36-23(16-6-10-17(11-7-16)30(33)34)22-21-19(24(31)28(4)25(32)27(21)3)20(29(22)26)15-8-12-18(35-5)13-9-15/h6-13,23H,14H2,1-5H3/t23-/m0/s1. The molecule has 5 rings (SSSR count). The highest BCUT2D eigenvalue weighted by atomic mass is 16.6. The monoisotopic (exact) mass is 490 g/mol. The average Bonchev–Trinajstić information content (AvgIpc) is 3.24. The molecule has 0 bridgehead atoms. The fourth-order valence-electron chi connectivity index (χ4n) is 5.04. The molecule has 36 heavy (non-hydrogen) atoms. The van der Waals surface area contributed by atoms with E-state index in [1.165, 1.54) is 23.7 Å². The average molecular weight is 491 g/mol. The second-order valence-corrected chi connectivity index (χ2v) is 9.58. The van der Waals surface area contributed by atoms with E-state index in [4.69, 9.17) is 9.47 Å². The second kappa shape index (κ2) is 8.20. The van der Waals surface area contributed by atoms with Crippen molar-refractivity contribution in [2.24, 2.45) is 14.1 Å². The van der Waals surface area contributed by atoms with Crippen LogP contribution in [-0.2, 0) is 24.4 Å². The first kappa shape index (κ1) is 23.6. The van der Waals surface area contributed by atoms with E-state index in [-0.39, 0.29) is 5.69 Å². The lowest BCUT2D eigenvalue weighted by Gasteiger charge is -2.39. The summed E-state index contributed by atoms with van der Waals surface area (Å²) in [5, 5.41) is 11.6. The lowest BCUT2D eigenvalue weighted by molar-refractivity contribution is -0.384. The van der Waals surface area contributed by atoms with Gasteiger partial charge in [-0.1, -0.05) is 0 Å². The third kappa shape index (κ3) is 3.36. The summed E-state index contributed by atoms with van der Waals surface area (Å²) in [4.78, 5) is 37.4. The van der Waals surface area contributed by atoms with Crippen molar-refractivity contribution in [1.29, 1.82) is 0 Å². The summed E-state index contributed by atoms with van der Waals surface area (Å²) < 4.78 is 16.3. The third-order valence-electron chi connectivity index (χ3n) is 6.84. The molecule has 186 valence electrons. The van der Waals surface area contributed by atoms with E-state index < -0.39 is 27.8 Å². The number of aryl methyl sites for hydroxylation is 1. The van der Waals surface area contributed by atoms with E-state index in [1.807, 2.05) is 38.1 Å². The molecular formula is C26H26N4O6. The van der Waals surface area contributed by atoms with Crippen molar-refractivity contribution in [2.75, 3.05) is 13.7 Å². The fraction of sp³-hybridized carbons (Fsp3) is 0.308. The minimum absolute atomic E-state index is 0.0321. The second-order valence-electron chi connectivity index (χ2n) is 9.58. The maximum atomic E-state index is 13.6. The Morgan fingerprint density at radius 3 is 2.25 bits per heavy atom. The molecule has 0 spiro atoms. The Kier molecular flexibility index (Phi) is 5.36. The number of hydrogen-bond acceptors (Lipinski definition) is 6. The fourth-order valence-corrected chi connectivity index (χ4v) is 5.04. The molecule has 0 fully saturated rings. The highest BCUT2D eigenvalue weighted by molar-refractivity contribution is 5.97. The van der Waals surface area contributed by atoms with Crippen molar-refractivity contribution < 1.29 is 14.4 Å². The van der Waals surface area contributed by atoms with Crippen molar-refractivity contribution in [3.63, 3.8) is 0 Å². The number of non-ortho nitro benzene ring substituents is 1. The summed E-state index contributed by atoms with van der Waals surface area (Å²) in [6, 6.07) is 13.6. The van der Waals surface area contributed by atoms with Crippen LogP contribution in [0.3, 0.4) is 0 Å². The molecule has 1 aliphatic heterocycles. The molecule has 0 N–H and O–H groups in total. The first-order valence-corrected chi connectivity index (χ1v) is 11.4. The Balaban J connectivity index is 1.92. The number of fused-ring (bicyclic) bond motifs is 3. The van der Waals surface area contributed by atoms with Crippen LogP contribution in [0.25, 0.3) is 22.2 Å². The van der Waals surface area contributed by atoms with Crippen LogP contribution in [0.5, 0.6) is 5.75 Å². The number of nitro benzene ring substituents is 1. The quantitative estimate of drug-likeness (QED) is 0.320. The molecule has 0 saturated carbocycles.